The maximum Gasteiger partial charge on any atom is 0.112 e. The molecule has 100 valence electrons. The smallest absolute Gasteiger partial charge is 0.112 e. The largest absolute Gasteiger partial charge is 0.379 e. The van der Waals surface area contributed by atoms with Crippen molar-refractivity contribution in [1.29, 1.82) is 0 Å². The Labute approximate surface area is 126 Å². The molecule has 0 unspecified atom stereocenters. The second kappa shape index (κ2) is 5.59. The van der Waals surface area contributed by atoms with Gasteiger partial charge in [-0.05, 0) is 40.5 Å². The minimum absolute atomic E-state index is 0.775. The molecule has 0 radical (unpaired) electrons. The molecule has 1 N–H and O–H groups in total. The summed E-state index contributed by atoms with van der Waals surface area (Å²) < 4.78 is 0.938. The lowest BCUT2D eigenvalue weighted by molar-refractivity contribution is 1.14. The predicted octanol–water partition coefficient (Wildman–Crippen LogP) is 4.31. The van der Waals surface area contributed by atoms with E-state index >= 15 is 0 Å². The molecule has 3 rings (SSSR count). The summed E-state index contributed by atoms with van der Waals surface area (Å²) >= 11 is 3.42. The van der Waals surface area contributed by atoms with Crippen LogP contribution in [0, 0.1) is 6.92 Å². The summed E-state index contributed by atoms with van der Waals surface area (Å²) in [7, 11) is 0. The minimum Gasteiger partial charge on any atom is -0.379 e. The molecule has 0 aliphatic heterocycles. The predicted molar refractivity (Wildman–Crippen MR) is 85.7 cm³/mol. The lowest BCUT2D eigenvalue weighted by Crippen LogP contribution is -2.01. The van der Waals surface area contributed by atoms with Crippen molar-refractivity contribution in [2.45, 2.75) is 13.5 Å². The van der Waals surface area contributed by atoms with Gasteiger partial charge in [-0.15, -0.1) is 0 Å². The summed E-state index contributed by atoms with van der Waals surface area (Å²) in [6.07, 6.45) is 3.59. The quantitative estimate of drug-likeness (QED) is 0.778. The molecule has 2 heterocycles. The highest BCUT2D eigenvalue weighted by Gasteiger charge is 2.03. The molecular formula is C16H14BrN3. The van der Waals surface area contributed by atoms with E-state index in [1.807, 2.05) is 12.1 Å². The van der Waals surface area contributed by atoms with Gasteiger partial charge in [0.15, 0.2) is 0 Å². The first-order chi connectivity index (χ1) is 9.72. The lowest BCUT2D eigenvalue weighted by atomic mass is 10.1. The molecule has 3 aromatic rings. The fourth-order valence-corrected chi connectivity index (χ4v) is 2.37. The number of pyridine rings is 2. The van der Waals surface area contributed by atoms with Crippen molar-refractivity contribution in [2.75, 3.05) is 5.32 Å². The van der Waals surface area contributed by atoms with E-state index in [4.69, 9.17) is 0 Å². The van der Waals surface area contributed by atoms with E-state index < -0.39 is 0 Å². The summed E-state index contributed by atoms with van der Waals surface area (Å²) in [4.78, 5) is 8.77. The Morgan fingerprint density at radius 3 is 2.70 bits per heavy atom. The van der Waals surface area contributed by atoms with Gasteiger partial charge in [0.1, 0.15) is 5.52 Å². The molecule has 0 fully saturated rings. The van der Waals surface area contributed by atoms with E-state index in [0.29, 0.717) is 0 Å². The Hall–Kier alpha value is -1.94. The Kier molecular flexibility index (Phi) is 3.65. The molecule has 20 heavy (non-hydrogen) atoms. The van der Waals surface area contributed by atoms with Crippen molar-refractivity contribution in [2.24, 2.45) is 0 Å². The zero-order valence-corrected chi connectivity index (χ0v) is 12.7. The number of benzene rings is 1. The lowest BCUT2D eigenvalue weighted by Gasteiger charge is -2.09. The van der Waals surface area contributed by atoms with Gasteiger partial charge >= 0.3 is 0 Å². The maximum absolute atomic E-state index is 4.44. The highest BCUT2D eigenvalue weighted by molar-refractivity contribution is 9.10. The van der Waals surface area contributed by atoms with Crippen LogP contribution >= 0.6 is 15.9 Å². The van der Waals surface area contributed by atoms with Crippen molar-refractivity contribution in [3.63, 3.8) is 0 Å². The monoisotopic (exact) mass is 327 g/mol. The summed E-state index contributed by atoms with van der Waals surface area (Å²) in [5, 5.41) is 3.43. The van der Waals surface area contributed by atoms with E-state index in [0.717, 1.165) is 27.7 Å². The second-order valence-electron chi connectivity index (χ2n) is 4.72. The number of halogens is 1. The first-order valence-electron chi connectivity index (χ1n) is 6.42. The fourth-order valence-electron chi connectivity index (χ4n) is 2.05. The van der Waals surface area contributed by atoms with Gasteiger partial charge in [-0.1, -0.05) is 29.8 Å². The van der Waals surface area contributed by atoms with Gasteiger partial charge < -0.3 is 5.32 Å². The SMILES string of the molecule is Cc1ccc(CNc2ccnc3cc(Br)cnc23)cc1. The maximum atomic E-state index is 4.44. The van der Waals surface area contributed by atoms with Crippen LogP contribution in [-0.4, -0.2) is 9.97 Å². The van der Waals surface area contributed by atoms with Crippen molar-refractivity contribution in [3.05, 3.63) is 64.4 Å². The van der Waals surface area contributed by atoms with E-state index in [-0.39, 0.29) is 0 Å². The number of nitrogens with one attached hydrogen (secondary N) is 1. The van der Waals surface area contributed by atoms with Gasteiger partial charge in [0.05, 0.1) is 11.2 Å². The number of aromatic nitrogens is 2. The van der Waals surface area contributed by atoms with Crippen LogP contribution in [-0.2, 0) is 6.54 Å². The molecule has 0 aliphatic carbocycles. The average Bonchev–Trinajstić information content (AvgIpc) is 2.46. The van der Waals surface area contributed by atoms with Gasteiger partial charge in [0.2, 0.25) is 0 Å². The molecular weight excluding hydrogens is 314 g/mol. The molecule has 1 aromatic carbocycles. The van der Waals surface area contributed by atoms with Gasteiger partial charge in [-0.25, -0.2) is 0 Å². The molecule has 0 atom stereocenters. The molecule has 0 bridgehead atoms. The molecule has 0 saturated carbocycles. The number of nitrogens with zero attached hydrogens (tertiary/aromatic N) is 2. The normalized spacial score (nSPS) is 10.7. The minimum atomic E-state index is 0.775. The standard InChI is InChI=1S/C16H14BrN3/c1-11-2-4-12(5-3-11)9-19-14-6-7-18-15-8-13(17)10-20-16(14)15/h2-8,10H,9H2,1H3,(H,18,19). The third kappa shape index (κ3) is 2.80. The topological polar surface area (TPSA) is 37.8 Å². The van der Waals surface area contributed by atoms with Crippen LogP contribution in [0.3, 0.4) is 0 Å². The Morgan fingerprint density at radius 2 is 1.90 bits per heavy atom. The zero-order valence-electron chi connectivity index (χ0n) is 11.1. The van der Waals surface area contributed by atoms with Crippen molar-refractivity contribution in [3.8, 4) is 0 Å². The number of hydrogen-bond donors (Lipinski definition) is 1. The van der Waals surface area contributed by atoms with Crippen LogP contribution in [0.2, 0.25) is 0 Å². The second-order valence-corrected chi connectivity index (χ2v) is 5.63. The summed E-state index contributed by atoms with van der Waals surface area (Å²) in [5.41, 5.74) is 5.30. The van der Waals surface area contributed by atoms with Crippen LogP contribution in [0.4, 0.5) is 5.69 Å². The highest BCUT2D eigenvalue weighted by Crippen LogP contribution is 2.22. The van der Waals surface area contributed by atoms with Crippen molar-refractivity contribution >= 4 is 32.7 Å². The summed E-state index contributed by atoms with van der Waals surface area (Å²) in [6.45, 7) is 2.87. The van der Waals surface area contributed by atoms with Gasteiger partial charge in [0, 0.05) is 23.4 Å². The molecule has 3 nitrogen and oxygen atoms in total. The fraction of sp³-hybridized carbons (Fsp3) is 0.125. The summed E-state index contributed by atoms with van der Waals surface area (Å²) in [5.74, 6) is 0. The molecule has 4 heteroatoms. The van der Waals surface area contributed by atoms with E-state index in [9.17, 15) is 0 Å². The van der Waals surface area contributed by atoms with Gasteiger partial charge in [-0.3, -0.25) is 9.97 Å². The van der Waals surface area contributed by atoms with E-state index in [1.165, 1.54) is 11.1 Å². The summed E-state index contributed by atoms with van der Waals surface area (Å²) in [6, 6.07) is 12.4. The zero-order chi connectivity index (χ0) is 13.9. The third-order valence-corrected chi connectivity index (χ3v) is 3.58. The molecule has 0 spiro atoms. The highest BCUT2D eigenvalue weighted by atomic mass is 79.9. The number of aryl methyl sites for hydroxylation is 1. The van der Waals surface area contributed by atoms with Crippen molar-refractivity contribution < 1.29 is 0 Å². The van der Waals surface area contributed by atoms with E-state index in [2.05, 4.69) is 62.4 Å². The molecule has 0 saturated heterocycles. The first kappa shape index (κ1) is 13.1. The number of rotatable bonds is 3. The van der Waals surface area contributed by atoms with E-state index in [1.54, 1.807) is 12.4 Å². The van der Waals surface area contributed by atoms with Gasteiger partial charge in [0.25, 0.3) is 0 Å². The molecule has 2 aromatic heterocycles. The van der Waals surface area contributed by atoms with Gasteiger partial charge in [-0.2, -0.15) is 0 Å². The Bertz CT molecular complexity index is 738. The number of anilines is 1. The van der Waals surface area contributed by atoms with Crippen LogP contribution in [0.1, 0.15) is 11.1 Å². The Morgan fingerprint density at radius 1 is 1.10 bits per heavy atom. The van der Waals surface area contributed by atoms with Crippen LogP contribution in [0.15, 0.2) is 53.3 Å². The van der Waals surface area contributed by atoms with Crippen molar-refractivity contribution in [1.82, 2.24) is 9.97 Å². The number of hydrogen-bond acceptors (Lipinski definition) is 3. The first-order valence-corrected chi connectivity index (χ1v) is 7.21. The van der Waals surface area contributed by atoms with Crippen LogP contribution in [0.5, 0.6) is 0 Å². The average molecular weight is 328 g/mol. The molecule has 0 amide bonds. The molecule has 0 aliphatic rings. The van der Waals surface area contributed by atoms with Crippen LogP contribution < -0.4 is 5.32 Å². The third-order valence-electron chi connectivity index (χ3n) is 3.15. The van der Waals surface area contributed by atoms with Crippen LogP contribution in [0.25, 0.3) is 11.0 Å². The number of fused-ring (bicyclic) bond motifs is 1. The Balaban J connectivity index is 1.85.